The minimum absolute atomic E-state index is 0.0946. The molecule has 0 radical (unpaired) electrons. The second-order valence-electron chi connectivity index (χ2n) is 8.64. The Morgan fingerprint density at radius 1 is 1.06 bits per heavy atom. The minimum Gasteiger partial charge on any atom is -0.327 e. The van der Waals surface area contributed by atoms with Crippen molar-refractivity contribution < 1.29 is 31.1 Å². The van der Waals surface area contributed by atoms with Crippen LogP contribution in [0.15, 0.2) is 18.3 Å². The highest BCUT2D eigenvalue weighted by Crippen LogP contribution is 2.46. The average molecular weight is 483 g/mol. The van der Waals surface area contributed by atoms with E-state index in [9.17, 15) is 31.1 Å². The first-order valence-corrected chi connectivity index (χ1v) is 10.6. The summed E-state index contributed by atoms with van der Waals surface area (Å²) < 4.78 is 84.2. The molecule has 4 heterocycles. The van der Waals surface area contributed by atoms with Crippen LogP contribution in [0.4, 0.5) is 26.3 Å². The first-order chi connectivity index (χ1) is 16.0. The van der Waals surface area contributed by atoms with Crippen molar-refractivity contribution in [2.24, 2.45) is 14.1 Å². The van der Waals surface area contributed by atoms with Gasteiger partial charge in [-0.25, -0.2) is 13.2 Å². The van der Waals surface area contributed by atoms with Gasteiger partial charge >= 0.3 is 6.18 Å². The zero-order chi connectivity index (χ0) is 24.5. The molecule has 12 heteroatoms. The molecule has 2 aliphatic heterocycles. The average Bonchev–Trinajstić information content (AvgIpc) is 3.30. The Bertz CT molecular complexity index is 1290. The third kappa shape index (κ3) is 3.30. The molecule has 0 aliphatic carbocycles. The number of hydrogen-bond acceptors (Lipinski definition) is 3. The molecule has 1 saturated heterocycles. The highest BCUT2D eigenvalue weighted by Gasteiger charge is 2.47. The number of nitrogens with zero attached hydrogens (tertiary/aromatic N) is 5. The molecule has 5 rings (SSSR count). The number of aromatic nitrogens is 4. The maximum atomic E-state index is 13.9. The van der Waals surface area contributed by atoms with E-state index in [1.165, 1.54) is 9.58 Å². The summed E-state index contributed by atoms with van der Waals surface area (Å²) in [4.78, 5) is 14.8. The maximum absolute atomic E-state index is 13.9. The van der Waals surface area contributed by atoms with Crippen LogP contribution in [0.5, 0.6) is 0 Å². The molecular formula is C22H19F6N5O. The Morgan fingerprint density at radius 2 is 1.74 bits per heavy atom. The van der Waals surface area contributed by atoms with Gasteiger partial charge in [0.25, 0.3) is 5.91 Å². The molecule has 180 valence electrons. The molecular weight excluding hydrogens is 464 g/mol. The van der Waals surface area contributed by atoms with Crippen LogP contribution in [0.2, 0.25) is 0 Å². The number of piperidine rings is 1. The van der Waals surface area contributed by atoms with Crippen LogP contribution in [0, 0.1) is 17.5 Å². The van der Waals surface area contributed by atoms with Crippen molar-refractivity contribution in [1.82, 2.24) is 24.5 Å². The number of hydrogen-bond donors (Lipinski definition) is 0. The molecule has 1 aromatic carbocycles. The summed E-state index contributed by atoms with van der Waals surface area (Å²) in [6, 6.07) is 0.729. The molecule has 1 fully saturated rings. The summed E-state index contributed by atoms with van der Waals surface area (Å²) in [6.07, 6.45) is -1.85. The first kappa shape index (κ1) is 22.5. The Labute approximate surface area is 189 Å². The predicted molar refractivity (Wildman–Crippen MR) is 107 cm³/mol. The Kier molecular flexibility index (Phi) is 5.03. The van der Waals surface area contributed by atoms with Crippen molar-refractivity contribution in [2.45, 2.75) is 43.9 Å². The van der Waals surface area contributed by atoms with Crippen molar-refractivity contribution in [3.8, 4) is 11.3 Å². The van der Waals surface area contributed by atoms with Crippen molar-refractivity contribution in [3.05, 3.63) is 58.3 Å². The third-order valence-corrected chi connectivity index (χ3v) is 6.61. The fourth-order valence-electron chi connectivity index (χ4n) is 5.27. The molecule has 0 unspecified atom stereocenters. The number of fused-ring (bicyclic) bond motifs is 4. The van der Waals surface area contributed by atoms with E-state index in [0.717, 1.165) is 31.8 Å². The number of benzene rings is 1. The quantitative estimate of drug-likeness (QED) is 0.397. The lowest BCUT2D eigenvalue weighted by atomic mass is 9.81. The van der Waals surface area contributed by atoms with Crippen LogP contribution >= 0.6 is 0 Å². The van der Waals surface area contributed by atoms with Crippen LogP contribution in [0.1, 0.15) is 52.6 Å². The summed E-state index contributed by atoms with van der Waals surface area (Å²) >= 11 is 0. The second kappa shape index (κ2) is 7.60. The summed E-state index contributed by atoms with van der Waals surface area (Å²) in [5, 5.41) is 8.12. The number of alkyl halides is 3. The van der Waals surface area contributed by atoms with E-state index in [4.69, 9.17) is 0 Å². The van der Waals surface area contributed by atoms with Crippen LogP contribution < -0.4 is 0 Å². The molecule has 2 aliphatic rings. The molecule has 2 bridgehead atoms. The number of carbonyl (C=O) groups is 1. The van der Waals surface area contributed by atoms with Gasteiger partial charge < -0.3 is 4.90 Å². The highest BCUT2D eigenvalue weighted by atomic mass is 19.4. The topological polar surface area (TPSA) is 56.0 Å². The van der Waals surface area contributed by atoms with Gasteiger partial charge in [-0.05, 0) is 37.8 Å². The van der Waals surface area contributed by atoms with Crippen molar-refractivity contribution in [1.29, 1.82) is 0 Å². The Hall–Kier alpha value is -3.31. The summed E-state index contributed by atoms with van der Waals surface area (Å²) in [5.41, 5.74) is -0.0703. The molecule has 0 saturated carbocycles. The first-order valence-electron chi connectivity index (χ1n) is 10.6. The molecule has 0 spiro atoms. The normalized spacial score (nSPS) is 19.9. The van der Waals surface area contributed by atoms with Crippen LogP contribution in [0.3, 0.4) is 0 Å². The van der Waals surface area contributed by atoms with Gasteiger partial charge in [-0.2, -0.15) is 23.4 Å². The van der Waals surface area contributed by atoms with Gasteiger partial charge in [0.15, 0.2) is 23.1 Å². The lowest BCUT2D eigenvalue weighted by Crippen LogP contribution is -2.50. The van der Waals surface area contributed by atoms with Crippen LogP contribution in [-0.4, -0.2) is 36.4 Å². The van der Waals surface area contributed by atoms with E-state index in [-0.39, 0.29) is 12.0 Å². The van der Waals surface area contributed by atoms with Gasteiger partial charge in [0.1, 0.15) is 0 Å². The monoisotopic (exact) mass is 483 g/mol. The maximum Gasteiger partial charge on any atom is 0.433 e. The molecule has 34 heavy (non-hydrogen) atoms. The second-order valence-corrected chi connectivity index (χ2v) is 8.64. The fourth-order valence-corrected chi connectivity index (χ4v) is 5.27. The van der Waals surface area contributed by atoms with Gasteiger partial charge in [-0.1, -0.05) is 0 Å². The number of aryl methyl sites for hydroxylation is 2. The summed E-state index contributed by atoms with van der Waals surface area (Å²) in [5.74, 6) is -5.04. The van der Waals surface area contributed by atoms with Crippen molar-refractivity contribution in [2.75, 3.05) is 0 Å². The SMILES string of the molecule is Cn1nc2c(c1-c1cc(F)c(F)c(F)c1)C[C@@H]1CCC[C@H]2N1C(=O)c1cnn(C)c1C(F)(F)F. The molecule has 6 nitrogen and oxygen atoms in total. The van der Waals surface area contributed by atoms with E-state index in [0.29, 0.717) is 34.5 Å². The number of halogens is 6. The fraction of sp³-hybridized carbons (Fsp3) is 0.409. The Morgan fingerprint density at radius 3 is 2.38 bits per heavy atom. The van der Waals surface area contributed by atoms with Gasteiger partial charge in [-0.15, -0.1) is 0 Å². The third-order valence-electron chi connectivity index (χ3n) is 6.61. The number of rotatable bonds is 2. The smallest absolute Gasteiger partial charge is 0.327 e. The van der Waals surface area contributed by atoms with E-state index >= 15 is 0 Å². The largest absolute Gasteiger partial charge is 0.433 e. The van der Waals surface area contributed by atoms with Gasteiger partial charge in [0.2, 0.25) is 0 Å². The standard InChI is InChI=1S/C22H19F6N5O/c1-31-19(10-6-14(23)17(25)15(24)7-10)12-8-11-4-3-5-16(18(12)30-31)33(11)21(34)13-9-29-32(2)20(13)22(26,27)28/h6-7,9,11,16H,3-5,8H2,1-2H3/t11-,16+/m0/s1. The number of amides is 1. The van der Waals surface area contributed by atoms with E-state index in [1.54, 1.807) is 7.05 Å². The zero-order valence-corrected chi connectivity index (χ0v) is 18.1. The molecule has 2 atom stereocenters. The van der Waals surface area contributed by atoms with Gasteiger partial charge in [0.05, 0.1) is 29.2 Å². The van der Waals surface area contributed by atoms with Crippen LogP contribution in [-0.2, 0) is 26.7 Å². The van der Waals surface area contributed by atoms with E-state index < -0.39 is 52.9 Å². The molecule has 1 amide bonds. The molecule has 2 aromatic heterocycles. The van der Waals surface area contributed by atoms with Crippen molar-refractivity contribution >= 4 is 5.91 Å². The Balaban J connectivity index is 1.60. The molecule has 0 N–H and O–H groups in total. The molecule has 3 aromatic rings. The van der Waals surface area contributed by atoms with E-state index in [2.05, 4.69) is 10.2 Å². The minimum atomic E-state index is -4.76. The van der Waals surface area contributed by atoms with Crippen LogP contribution in [0.25, 0.3) is 11.3 Å². The predicted octanol–water partition coefficient (Wildman–Crippen LogP) is 4.55. The lowest BCUT2D eigenvalue weighted by molar-refractivity contribution is -0.144. The van der Waals surface area contributed by atoms with Crippen molar-refractivity contribution in [3.63, 3.8) is 0 Å². The highest BCUT2D eigenvalue weighted by molar-refractivity contribution is 5.96. The van der Waals surface area contributed by atoms with Gasteiger partial charge in [0, 0.05) is 31.3 Å². The lowest BCUT2D eigenvalue weighted by Gasteiger charge is -2.45. The van der Waals surface area contributed by atoms with E-state index in [1.807, 2.05) is 0 Å². The summed E-state index contributed by atoms with van der Waals surface area (Å²) in [7, 11) is 2.69. The summed E-state index contributed by atoms with van der Waals surface area (Å²) in [6.45, 7) is 0. The zero-order valence-electron chi connectivity index (χ0n) is 18.1. The van der Waals surface area contributed by atoms with Gasteiger partial charge in [-0.3, -0.25) is 14.2 Å². The number of carbonyl (C=O) groups excluding carboxylic acids is 1.